The van der Waals surface area contributed by atoms with Crippen molar-refractivity contribution >= 4 is 28.5 Å². The number of nitrogens with one attached hydrogen (secondary N) is 1. The van der Waals surface area contributed by atoms with Crippen molar-refractivity contribution in [2.24, 2.45) is 5.41 Å². The molecule has 1 N–H and O–H groups in total. The fourth-order valence-electron chi connectivity index (χ4n) is 4.63. The third-order valence-corrected chi connectivity index (χ3v) is 6.25. The number of rotatable bonds is 4. The van der Waals surface area contributed by atoms with Gasteiger partial charge in [-0.2, -0.15) is 0 Å². The molecule has 4 rings (SSSR count). The lowest BCUT2D eigenvalue weighted by atomic mass is 9.73. The molecule has 1 heterocycles. The van der Waals surface area contributed by atoms with Gasteiger partial charge < -0.3 is 5.32 Å². The zero-order chi connectivity index (χ0) is 19.7. The average Bonchev–Trinajstić information content (AvgIpc) is 2.92. The normalized spacial score (nSPS) is 20.0. The van der Waals surface area contributed by atoms with Crippen molar-refractivity contribution in [1.29, 1.82) is 0 Å². The fourth-order valence-corrected chi connectivity index (χ4v) is 4.63. The van der Waals surface area contributed by atoms with Gasteiger partial charge in [0.1, 0.15) is 6.54 Å². The first-order chi connectivity index (χ1) is 13.5. The van der Waals surface area contributed by atoms with Crippen molar-refractivity contribution < 1.29 is 14.4 Å². The smallest absolute Gasteiger partial charge is 0.240 e. The number of likely N-dealkylation sites (tertiary alicyclic amines) is 1. The lowest BCUT2D eigenvalue weighted by Crippen LogP contribution is -2.43. The fraction of sp³-hybridized carbons (Fsp3) is 0.435. The van der Waals surface area contributed by atoms with E-state index in [1.807, 2.05) is 43.3 Å². The molecule has 5 heteroatoms. The second-order valence-corrected chi connectivity index (χ2v) is 8.20. The monoisotopic (exact) mass is 378 g/mol. The van der Waals surface area contributed by atoms with Crippen molar-refractivity contribution in [2.75, 3.05) is 6.54 Å². The molecule has 0 aromatic heterocycles. The van der Waals surface area contributed by atoms with Gasteiger partial charge in [0.15, 0.2) is 0 Å². The van der Waals surface area contributed by atoms with E-state index in [2.05, 4.69) is 11.4 Å². The van der Waals surface area contributed by atoms with E-state index < -0.39 is 5.41 Å². The summed E-state index contributed by atoms with van der Waals surface area (Å²) in [6, 6.07) is 14.0. The molecule has 1 unspecified atom stereocenters. The molecule has 28 heavy (non-hydrogen) atoms. The molecule has 5 nitrogen and oxygen atoms in total. The van der Waals surface area contributed by atoms with Gasteiger partial charge in [-0.25, -0.2) is 0 Å². The first kappa shape index (κ1) is 18.7. The molecular formula is C23H26N2O3. The van der Waals surface area contributed by atoms with Crippen LogP contribution in [0.15, 0.2) is 42.5 Å². The van der Waals surface area contributed by atoms with Crippen LogP contribution >= 0.6 is 0 Å². The summed E-state index contributed by atoms with van der Waals surface area (Å²) in [5, 5.41) is 5.20. The van der Waals surface area contributed by atoms with Crippen molar-refractivity contribution in [1.82, 2.24) is 10.2 Å². The van der Waals surface area contributed by atoms with Crippen LogP contribution in [0.1, 0.15) is 57.1 Å². The van der Waals surface area contributed by atoms with Gasteiger partial charge >= 0.3 is 0 Å². The van der Waals surface area contributed by atoms with Gasteiger partial charge in [-0.05, 0) is 42.2 Å². The summed E-state index contributed by atoms with van der Waals surface area (Å²) < 4.78 is 0. The van der Waals surface area contributed by atoms with Crippen LogP contribution in [0.5, 0.6) is 0 Å². The van der Waals surface area contributed by atoms with Crippen molar-refractivity contribution in [3.05, 3.63) is 48.0 Å². The quantitative estimate of drug-likeness (QED) is 0.825. The van der Waals surface area contributed by atoms with E-state index in [0.717, 1.165) is 48.4 Å². The zero-order valence-corrected chi connectivity index (χ0v) is 16.2. The standard InChI is InChI=1S/C23H26N2O3/c1-16(18-10-9-17-7-3-4-8-19(17)13-18)24-20(26)15-25-21(27)14-23(22(25)28)11-5-2-6-12-23/h3-4,7-10,13,16H,2,5-6,11-12,14-15H2,1H3,(H,24,26). The number of benzene rings is 2. The Morgan fingerprint density at radius 1 is 1.07 bits per heavy atom. The predicted molar refractivity (Wildman–Crippen MR) is 107 cm³/mol. The minimum Gasteiger partial charge on any atom is -0.348 e. The summed E-state index contributed by atoms with van der Waals surface area (Å²) in [5.41, 5.74) is 0.453. The number of carbonyl (C=O) groups is 3. The topological polar surface area (TPSA) is 66.5 Å². The first-order valence-electron chi connectivity index (χ1n) is 10.1. The van der Waals surface area contributed by atoms with Gasteiger partial charge in [-0.15, -0.1) is 0 Å². The van der Waals surface area contributed by atoms with E-state index in [4.69, 9.17) is 0 Å². The van der Waals surface area contributed by atoms with E-state index in [1.165, 1.54) is 4.90 Å². The number of carbonyl (C=O) groups excluding carboxylic acids is 3. The number of fused-ring (bicyclic) bond motifs is 1. The Morgan fingerprint density at radius 2 is 1.79 bits per heavy atom. The Kier molecular flexibility index (Phi) is 4.92. The number of amides is 3. The number of imide groups is 1. The minimum absolute atomic E-state index is 0.147. The van der Waals surface area contributed by atoms with Gasteiger partial charge in [0.2, 0.25) is 17.7 Å². The van der Waals surface area contributed by atoms with Crippen LogP contribution in [-0.2, 0) is 14.4 Å². The highest BCUT2D eigenvalue weighted by atomic mass is 16.2. The van der Waals surface area contributed by atoms with Gasteiger partial charge in [0, 0.05) is 6.42 Å². The molecule has 2 aliphatic rings. The maximum absolute atomic E-state index is 12.9. The summed E-state index contributed by atoms with van der Waals surface area (Å²) in [5.74, 6) is -0.652. The Morgan fingerprint density at radius 3 is 2.54 bits per heavy atom. The van der Waals surface area contributed by atoms with E-state index in [9.17, 15) is 14.4 Å². The maximum atomic E-state index is 12.9. The number of hydrogen-bond donors (Lipinski definition) is 1. The molecule has 146 valence electrons. The summed E-state index contributed by atoms with van der Waals surface area (Å²) in [6.45, 7) is 1.73. The Labute approximate surface area is 165 Å². The number of nitrogens with zero attached hydrogens (tertiary/aromatic N) is 1. The highest BCUT2D eigenvalue weighted by molar-refractivity contribution is 6.08. The van der Waals surface area contributed by atoms with Crippen LogP contribution in [0.25, 0.3) is 10.8 Å². The lowest BCUT2D eigenvalue weighted by molar-refractivity contribution is -0.145. The summed E-state index contributed by atoms with van der Waals surface area (Å²) >= 11 is 0. The molecular weight excluding hydrogens is 352 g/mol. The molecule has 2 aromatic carbocycles. The average molecular weight is 378 g/mol. The molecule has 1 saturated carbocycles. The number of hydrogen-bond acceptors (Lipinski definition) is 3. The van der Waals surface area contributed by atoms with Crippen LogP contribution in [0.3, 0.4) is 0 Å². The second kappa shape index (κ2) is 7.38. The summed E-state index contributed by atoms with van der Waals surface area (Å²) in [7, 11) is 0. The van der Waals surface area contributed by atoms with Crippen LogP contribution < -0.4 is 5.32 Å². The minimum atomic E-state index is -0.542. The van der Waals surface area contributed by atoms with Crippen LogP contribution in [0.2, 0.25) is 0 Å². The second-order valence-electron chi connectivity index (χ2n) is 8.20. The molecule has 0 bridgehead atoms. The predicted octanol–water partition coefficient (Wildman–Crippen LogP) is 3.73. The van der Waals surface area contributed by atoms with Crippen LogP contribution in [-0.4, -0.2) is 29.2 Å². The van der Waals surface area contributed by atoms with E-state index in [-0.39, 0.29) is 36.7 Å². The Balaban J connectivity index is 1.42. The molecule has 1 aliphatic heterocycles. The van der Waals surface area contributed by atoms with Crippen molar-refractivity contribution in [3.63, 3.8) is 0 Å². The van der Waals surface area contributed by atoms with Gasteiger partial charge in [-0.3, -0.25) is 19.3 Å². The van der Waals surface area contributed by atoms with E-state index in [0.29, 0.717) is 0 Å². The molecule has 1 saturated heterocycles. The molecule has 3 amide bonds. The zero-order valence-electron chi connectivity index (χ0n) is 16.2. The van der Waals surface area contributed by atoms with Crippen molar-refractivity contribution in [3.8, 4) is 0 Å². The maximum Gasteiger partial charge on any atom is 0.240 e. The van der Waals surface area contributed by atoms with Crippen molar-refractivity contribution in [2.45, 2.75) is 51.5 Å². The largest absolute Gasteiger partial charge is 0.348 e. The SMILES string of the molecule is CC(NC(=O)CN1C(=O)CC2(CCCCC2)C1=O)c1ccc2ccccc2c1. The van der Waals surface area contributed by atoms with Gasteiger partial charge in [0.05, 0.1) is 11.5 Å². The highest BCUT2D eigenvalue weighted by Gasteiger charge is 2.51. The summed E-state index contributed by atoms with van der Waals surface area (Å²) in [4.78, 5) is 39.0. The molecule has 1 aliphatic carbocycles. The Bertz CT molecular complexity index is 930. The van der Waals surface area contributed by atoms with Gasteiger partial charge in [0.25, 0.3) is 0 Å². The van der Waals surface area contributed by atoms with E-state index >= 15 is 0 Å². The third kappa shape index (κ3) is 3.41. The first-order valence-corrected chi connectivity index (χ1v) is 10.1. The molecule has 0 radical (unpaired) electrons. The van der Waals surface area contributed by atoms with Crippen LogP contribution in [0, 0.1) is 5.41 Å². The Hall–Kier alpha value is -2.69. The molecule has 1 atom stereocenters. The molecule has 1 spiro atoms. The third-order valence-electron chi connectivity index (χ3n) is 6.25. The highest BCUT2D eigenvalue weighted by Crippen LogP contribution is 2.45. The van der Waals surface area contributed by atoms with E-state index in [1.54, 1.807) is 0 Å². The molecule has 2 fully saturated rings. The van der Waals surface area contributed by atoms with Crippen LogP contribution in [0.4, 0.5) is 0 Å². The molecule has 2 aromatic rings. The lowest BCUT2D eigenvalue weighted by Gasteiger charge is -2.30. The summed E-state index contributed by atoms with van der Waals surface area (Å²) in [6.07, 6.45) is 4.88. The van der Waals surface area contributed by atoms with Gasteiger partial charge in [-0.1, -0.05) is 55.7 Å².